The van der Waals surface area contributed by atoms with Crippen LogP contribution in [-0.4, -0.2) is 13.2 Å². The zero-order valence-corrected chi connectivity index (χ0v) is 15.9. The maximum absolute atomic E-state index is 6.35. The van der Waals surface area contributed by atoms with E-state index in [2.05, 4.69) is 36.5 Å². The third-order valence-electron chi connectivity index (χ3n) is 3.57. The van der Waals surface area contributed by atoms with Crippen molar-refractivity contribution in [2.45, 2.75) is 33.4 Å². The minimum Gasteiger partial charge on any atom is -0.490 e. The third kappa shape index (κ3) is 5.59. The summed E-state index contributed by atoms with van der Waals surface area (Å²) < 4.78 is 11.3. The van der Waals surface area contributed by atoms with Crippen LogP contribution in [0.15, 0.2) is 42.5 Å². The first kappa shape index (κ1) is 20.6. The smallest absolute Gasteiger partial charge is 0.179 e. The minimum absolute atomic E-state index is 0. The molecule has 1 unspecified atom stereocenters. The van der Waals surface area contributed by atoms with E-state index in [1.54, 1.807) is 0 Å². The molecule has 0 saturated heterocycles. The lowest BCUT2D eigenvalue weighted by Crippen LogP contribution is -2.18. The molecule has 5 heteroatoms. The highest BCUT2D eigenvalue weighted by molar-refractivity contribution is 6.32. The van der Waals surface area contributed by atoms with E-state index in [-0.39, 0.29) is 18.4 Å². The standard InChI is InChI=1S/C19H24ClNO2.ClH/c1-4-22-18-12-15(11-17(20)19(18)23-5-2)13-21-14(3)16-9-7-6-8-10-16;/h6-12,14,21H,4-5,13H2,1-3H3;1H. The largest absolute Gasteiger partial charge is 0.490 e. The lowest BCUT2D eigenvalue weighted by molar-refractivity contribution is 0.287. The molecule has 0 amide bonds. The average molecular weight is 370 g/mol. The molecule has 0 aliphatic heterocycles. The Balaban J connectivity index is 0.00000288. The normalized spacial score (nSPS) is 11.5. The summed E-state index contributed by atoms with van der Waals surface area (Å²) in [5.41, 5.74) is 2.33. The fraction of sp³-hybridized carbons (Fsp3) is 0.368. The van der Waals surface area contributed by atoms with Gasteiger partial charge in [0.1, 0.15) is 0 Å². The van der Waals surface area contributed by atoms with Gasteiger partial charge in [-0.2, -0.15) is 0 Å². The van der Waals surface area contributed by atoms with Crippen LogP contribution in [0.1, 0.15) is 37.9 Å². The molecule has 0 aliphatic carbocycles. The average Bonchev–Trinajstić information content (AvgIpc) is 2.57. The predicted molar refractivity (Wildman–Crippen MR) is 103 cm³/mol. The second-order valence-corrected chi connectivity index (χ2v) is 5.69. The van der Waals surface area contributed by atoms with Gasteiger partial charge in [-0.25, -0.2) is 0 Å². The van der Waals surface area contributed by atoms with Crippen LogP contribution in [0.2, 0.25) is 5.02 Å². The van der Waals surface area contributed by atoms with Crippen LogP contribution >= 0.6 is 24.0 Å². The highest BCUT2D eigenvalue weighted by Crippen LogP contribution is 2.36. The second-order valence-electron chi connectivity index (χ2n) is 5.28. The van der Waals surface area contributed by atoms with Gasteiger partial charge in [-0.3, -0.25) is 0 Å². The molecule has 2 aromatic carbocycles. The SMILES string of the molecule is CCOc1cc(CNC(C)c2ccccc2)cc(Cl)c1OCC.Cl. The van der Waals surface area contributed by atoms with E-state index in [1.165, 1.54) is 5.56 Å². The van der Waals surface area contributed by atoms with E-state index < -0.39 is 0 Å². The Morgan fingerprint density at radius 3 is 2.33 bits per heavy atom. The number of halogens is 2. The molecule has 3 nitrogen and oxygen atoms in total. The highest BCUT2D eigenvalue weighted by Gasteiger charge is 2.13. The van der Waals surface area contributed by atoms with Crippen LogP contribution in [0.25, 0.3) is 0 Å². The summed E-state index contributed by atoms with van der Waals surface area (Å²) in [4.78, 5) is 0. The molecule has 1 N–H and O–H groups in total. The number of ether oxygens (including phenoxy) is 2. The van der Waals surface area contributed by atoms with Gasteiger partial charge in [0.2, 0.25) is 0 Å². The van der Waals surface area contributed by atoms with Crippen LogP contribution in [0.3, 0.4) is 0 Å². The van der Waals surface area contributed by atoms with Crippen LogP contribution in [0, 0.1) is 0 Å². The molecule has 0 saturated carbocycles. The van der Waals surface area contributed by atoms with Gasteiger partial charge in [0.05, 0.1) is 18.2 Å². The lowest BCUT2D eigenvalue weighted by atomic mass is 10.1. The molecular formula is C19H25Cl2NO2. The maximum Gasteiger partial charge on any atom is 0.179 e. The van der Waals surface area contributed by atoms with Crippen molar-refractivity contribution in [3.63, 3.8) is 0 Å². The Kier molecular flexibility index (Phi) is 8.98. The summed E-state index contributed by atoms with van der Waals surface area (Å²) in [5.74, 6) is 1.32. The number of hydrogen-bond donors (Lipinski definition) is 1. The Hall–Kier alpha value is -1.42. The van der Waals surface area contributed by atoms with Crippen molar-refractivity contribution in [3.8, 4) is 11.5 Å². The molecule has 2 aromatic rings. The molecule has 0 aromatic heterocycles. The molecule has 2 rings (SSSR count). The van der Waals surface area contributed by atoms with E-state index in [0.29, 0.717) is 36.3 Å². The van der Waals surface area contributed by atoms with Gasteiger partial charge in [0, 0.05) is 12.6 Å². The first-order valence-corrected chi connectivity index (χ1v) is 8.39. The third-order valence-corrected chi connectivity index (χ3v) is 3.85. The van der Waals surface area contributed by atoms with Crippen LogP contribution in [0.4, 0.5) is 0 Å². The van der Waals surface area contributed by atoms with Crippen molar-refractivity contribution >= 4 is 24.0 Å². The first-order valence-electron chi connectivity index (χ1n) is 8.02. The second kappa shape index (κ2) is 10.4. The van der Waals surface area contributed by atoms with Crippen LogP contribution in [-0.2, 0) is 6.54 Å². The van der Waals surface area contributed by atoms with Gasteiger partial charge in [0.15, 0.2) is 11.5 Å². The van der Waals surface area contributed by atoms with Gasteiger partial charge in [-0.1, -0.05) is 41.9 Å². The zero-order chi connectivity index (χ0) is 16.7. The topological polar surface area (TPSA) is 30.5 Å². The maximum atomic E-state index is 6.35. The summed E-state index contributed by atoms with van der Waals surface area (Å²) in [6.45, 7) is 7.88. The summed E-state index contributed by atoms with van der Waals surface area (Å²) in [6, 6.07) is 14.5. The molecule has 1 atom stereocenters. The van der Waals surface area contributed by atoms with Crippen molar-refractivity contribution in [3.05, 3.63) is 58.6 Å². The van der Waals surface area contributed by atoms with Crippen molar-refractivity contribution in [2.75, 3.05) is 13.2 Å². The van der Waals surface area contributed by atoms with Gasteiger partial charge >= 0.3 is 0 Å². The number of hydrogen-bond acceptors (Lipinski definition) is 3. The van der Waals surface area contributed by atoms with Crippen molar-refractivity contribution in [1.29, 1.82) is 0 Å². The molecule has 0 spiro atoms. The molecule has 24 heavy (non-hydrogen) atoms. The van der Waals surface area contributed by atoms with E-state index in [9.17, 15) is 0 Å². The summed E-state index contributed by atoms with van der Waals surface area (Å²) >= 11 is 6.35. The Morgan fingerprint density at radius 2 is 1.71 bits per heavy atom. The Labute approximate surface area is 155 Å². The number of benzene rings is 2. The summed E-state index contributed by atoms with van der Waals surface area (Å²) in [5, 5.41) is 4.09. The van der Waals surface area contributed by atoms with Crippen molar-refractivity contribution in [1.82, 2.24) is 5.32 Å². The summed E-state index contributed by atoms with van der Waals surface area (Å²) in [6.07, 6.45) is 0. The molecule has 0 fully saturated rings. The summed E-state index contributed by atoms with van der Waals surface area (Å²) in [7, 11) is 0. The Bertz CT molecular complexity index is 620. The minimum atomic E-state index is 0. The van der Waals surface area contributed by atoms with E-state index >= 15 is 0 Å². The molecule has 0 bridgehead atoms. The van der Waals surface area contributed by atoms with Gasteiger partial charge in [-0.05, 0) is 44.0 Å². The number of rotatable bonds is 8. The quantitative estimate of drug-likeness (QED) is 0.674. The fourth-order valence-electron chi connectivity index (χ4n) is 2.40. The first-order chi connectivity index (χ1) is 11.2. The van der Waals surface area contributed by atoms with Gasteiger partial charge < -0.3 is 14.8 Å². The van der Waals surface area contributed by atoms with Crippen molar-refractivity contribution in [2.24, 2.45) is 0 Å². The van der Waals surface area contributed by atoms with E-state index in [4.69, 9.17) is 21.1 Å². The monoisotopic (exact) mass is 369 g/mol. The van der Waals surface area contributed by atoms with E-state index in [0.717, 1.165) is 5.56 Å². The van der Waals surface area contributed by atoms with Crippen LogP contribution in [0.5, 0.6) is 11.5 Å². The molecule has 132 valence electrons. The lowest BCUT2D eigenvalue weighted by Gasteiger charge is -2.17. The Morgan fingerprint density at radius 1 is 1.04 bits per heavy atom. The highest BCUT2D eigenvalue weighted by atomic mass is 35.5. The van der Waals surface area contributed by atoms with E-state index in [1.807, 2.05) is 32.0 Å². The molecular weight excluding hydrogens is 345 g/mol. The molecule has 0 heterocycles. The number of nitrogens with one attached hydrogen (secondary N) is 1. The van der Waals surface area contributed by atoms with Gasteiger partial charge in [-0.15, -0.1) is 12.4 Å². The van der Waals surface area contributed by atoms with Crippen LogP contribution < -0.4 is 14.8 Å². The van der Waals surface area contributed by atoms with Crippen molar-refractivity contribution < 1.29 is 9.47 Å². The molecule has 0 radical (unpaired) electrons. The predicted octanol–water partition coefficient (Wildman–Crippen LogP) is 5.41. The van der Waals surface area contributed by atoms with Gasteiger partial charge in [0.25, 0.3) is 0 Å². The fourth-order valence-corrected chi connectivity index (χ4v) is 2.69. The molecule has 0 aliphatic rings. The zero-order valence-electron chi connectivity index (χ0n) is 14.3.